The second-order valence-electron chi connectivity index (χ2n) is 8.55. The van der Waals surface area contributed by atoms with Gasteiger partial charge in [0, 0.05) is 18.3 Å². The third-order valence-corrected chi connectivity index (χ3v) is 6.15. The fourth-order valence-electron chi connectivity index (χ4n) is 3.52. The first-order valence-electron chi connectivity index (χ1n) is 11.8. The van der Waals surface area contributed by atoms with Crippen molar-refractivity contribution < 1.29 is 29.1 Å². The fraction of sp³-hybridized carbons (Fsp3) is 0.417. The number of thioether (sulfide) groups is 1. The summed E-state index contributed by atoms with van der Waals surface area (Å²) in [6, 6.07) is 4.45. The number of aliphatic carboxylic acids is 1. The first-order valence-corrected chi connectivity index (χ1v) is 13.2. The molecule has 1 aromatic carbocycles. The number of aromatic amines is 1. The molecule has 2 rings (SSSR count). The van der Waals surface area contributed by atoms with E-state index in [2.05, 4.69) is 25.9 Å². The van der Waals surface area contributed by atoms with Crippen LogP contribution in [0.3, 0.4) is 0 Å². The summed E-state index contributed by atoms with van der Waals surface area (Å²) >= 11 is 1.47. The third kappa shape index (κ3) is 10.2. The number of imidazole rings is 1. The standard InChI is InChI=1S/C24H33N7O6S/c1-38-8-7-17(29-21(33)16(25)9-14-5-3-2-4-6-14)22(34)30-18(10-15-12-27-13-28-15)23(35)31-19(24(36)37)11-20(26)32/h2-6,12-13,16-19H,7-11,25H2,1H3,(H2,26,32)(H,27,28)(H,29,33)(H,30,34)(H,31,35)(H,36,37). The Morgan fingerprint density at radius 3 is 2.18 bits per heavy atom. The maximum absolute atomic E-state index is 13.2. The molecule has 0 spiro atoms. The van der Waals surface area contributed by atoms with Crippen LogP contribution in [0.15, 0.2) is 42.9 Å². The normalized spacial score (nSPS) is 13.9. The minimum absolute atomic E-state index is 0.0583. The fourth-order valence-corrected chi connectivity index (χ4v) is 3.99. The van der Waals surface area contributed by atoms with Crippen molar-refractivity contribution in [1.82, 2.24) is 25.9 Å². The number of aromatic nitrogens is 2. The van der Waals surface area contributed by atoms with E-state index >= 15 is 0 Å². The molecule has 0 aliphatic carbocycles. The predicted molar refractivity (Wildman–Crippen MR) is 141 cm³/mol. The van der Waals surface area contributed by atoms with Crippen molar-refractivity contribution in [2.75, 3.05) is 12.0 Å². The van der Waals surface area contributed by atoms with Crippen LogP contribution in [0.4, 0.5) is 0 Å². The summed E-state index contributed by atoms with van der Waals surface area (Å²) < 4.78 is 0. The van der Waals surface area contributed by atoms with Gasteiger partial charge in [-0.1, -0.05) is 30.3 Å². The van der Waals surface area contributed by atoms with Crippen LogP contribution in [0, 0.1) is 0 Å². The molecule has 4 unspecified atom stereocenters. The van der Waals surface area contributed by atoms with E-state index in [4.69, 9.17) is 11.5 Å². The van der Waals surface area contributed by atoms with Crippen LogP contribution in [0.25, 0.3) is 0 Å². The van der Waals surface area contributed by atoms with Crippen LogP contribution < -0.4 is 27.4 Å². The van der Waals surface area contributed by atoms with Gasteiger partial charge in [0.15, 0.2) is 0 Å². The summed E-state index contributed by atoms with van der Waals surface area (Å²) in [7, 11) is 0. The van der Waals surface area contributed by atoms with Gasteiger partial charge < -0.3 is 37.5 Å². The predicted octanol–water partition coefficient (Wildman–Crippen LogP) is -1.31. The number of hydrogen-bond donors (Lipinski definition) is 7. The quantitative estimate of drug-likeness (QED) is 0.132. The van der Waals surface area contributed by atoms with Crippen LogP contribution >= 0.6 is 11.8 Å². The molecule has 9 N–H and O–H groups in total. The van der Waals surface area contributed by atoms with E-state index in [1.165, 1.54) is 24.3 Å². The van der Waals surface area contributed by atoms with E-state index in [1.54, 1.807) is 0 Å². The van der Waals surface area contributed by atoms with E-state index in [9.17, 15) is 29.1 Å². The van der Waals surface area contributed by atoms with Crippen LogP contribution in [0.1, 0.15) is 24.1 Å². The largest absolute Gasteiger partial charge is 0.480 e. The van der Waals surface area contributed by atoms with Gasteiger partial charge in [0.1, 0.15) is 18.1 Å². The minimum atomic E-state index is -1.58. The number of hydrogen-bond acceptors (Lipinski definition) is 8. The lowest BCUT2D eigenvalue weighted by Crippen LogP contribution is -2.58. The Kier molecular flexibility index (Phi) is 12.3. The lowest BCUT2D eigenvalue weighted by Gasteiger charge is -2.25. The molecule has 0 saturated carbocycles. The molecule has 38 heavy (non-hydrogen) atoms. The Morgan fingerprint density at radius 1 is 0.974 bits per heavy atom. The van der Waals surface area contributed by atoms with Gasteiger partial charge >= 0.3 is 5.97 Å². The molecule has 206 valence electrons. The van der Waals surface area contributed by atoms with Crippen molar-refractivity contribution in [1.29, 1.82) is 0 Å². The van der Waals surface area contributed by atoms with Crippen molar-refractivity contribution in [2.24, 2.45) is 11.5 Å². The molecular weight excluding hydrogens is 514 g/mol. The topological polar surface area (TPSA) is 222 Å². The van der Waals surface area contributed by atoms with Crippen LogP contribution in [0.2, 0.25) is 0 Å². The Hall–Kier alpha value is -3.91. The Morgan fingerprint density at radius 2 is 1.61 bits per heavy atom. The Balaban J connectivity index is 2.15. The van der Waals surface area contributed by atoms with E-state index in [0.717, 1.165) is 5.56 Å². The number of carbonyl (C=O) groups excluding carboxylic acids is 4. The van der Waals surface area contributed by atoms with E-state index in [1.807, 2.05) is 36.6 Å². The molecule has 0 bridgehead atoms. The number of amides is 4. The molecule has 4 atom stereocenters. The monoisotopic (exact) mass is 547 g/mol. The SMILES string of the molecule is CSCCC(NC(=O)C(N)Cc1ccccc1)C(=O)NC(Cc1cnc[nH]1)C(=O)NC(CC(N)=O)C(=O)O. The lowest BCUT2D eigenvalue weighted by molar-refractivity contribution is -0.143. The zero-order valence-corrected chi connectivity index (χ0v) is 21.7. The molecule has 1 heterocycles. The average molecular weight is 548 g/mol. The van der Waals surface area contributed by atoms with Crippen molar-refractivity contribution in [3.8, 4) is 0 Å². The minimum Gasteiger partial charge on any atom is -0.480 e. The maximum Gasteiger partial charge on any atom is 0.326 e. The van der Waals surface area contributed by atoms with Crippen molar-refractivity contribution in [2.45, 2.75) is 49.9 Å². The van der Waals surface area contributed by atoms with Gasteiger partial charge in [-0.2, -0.15) is 11.8 Å². The highest BCUT2D eigenvalue weighted by atomic mass is 32.2. The number of H-pyrrole nitrogens is 1. The van der Waals surface area contributed by atoms with Gasteiger partial charge in [-0.3, -0.25) is 19.2 Å². The molecule has 2 aromatic rings. The number of carboxylic acid groups (broad SMARTS) is 1. The highest BCUT2D eigenvalue weighted by Crippen LogP contribution is 2.07. The Bertz CT molecular complexity index is 1080. The first-order chi connectivity index (χ1) is 18.1. The summed E-state index contributed by atoms with van der Waals surface area (Å²) in [5.74, 6) is -3.88. The van der Waals surface area contributed by atoms with Crippen LogP contribution in [-0.2, 0) is 36.8 Å². The molecular formula is C24H33N7O6S. The molecule has 4 amide bonds. The molecule has 0 aliphatic heterocycles. The third-order valence-electron chi connectivity index (χ3n) is 5.51. The summed E-state index contributed by atoms with van der Waals surface area (Å²) in [5.41, 5.74) is 12.5. The van der Waals surface area contributed by atoms with Gasteiger partial charge in [-0.15, -0.1) is 0 Å². The van der Waals surface area contributed by atoms with Gasteiger partial charge in [0.25, 0.3) is 0 Å². The van der Waals surface area contributed by atoms with Crippen LogP contribution in [-0.4, -0.2) is 80.8 Å². The number of carbonyl (C=O) groups is 5. The molecule has 14 heteroatoms. The maximum atomic E-state index is 13.2. The number of rotatable bonds is 16. The van der Waals surface area contributed by atoms with Crippen LogP contribution in [0.5, 0.6) is 0 Å². The van der Waals surface area contributed by atoms with E-state index in [-0.39, 0.29) is 19.3 Å². The van der Waals surface area contributed by atoms with Gasteiger partial charge in [-0.25, -0.2) is 9.78 Å². The molecule has 1 aromatic heterocycles. The second-order valence-corrected chi connectivity index (χ2v) is 9.54. The summed E-state index contributed by atoms with van der Waals surface area (Å²) in [5, 5.41) is 16.8. The molecule has 0 aliphatic rings. The number of nitrogens with zero attached hydrogens (tertiary/aromatic N) is 1. The number of benzene rings is 1. The summed E-state index contributed by atoms with van der Waals surface area (Å²) in [6.07, 6.45) is 4.51. The summed E-state index contributed by atoms with van der Waals surface area (Å²) in [6.45, 7) is 0. The van der Waals surface area contributed by atoms with Gasteiger partial charge in [0.2, 0.25) is 23.6 Å². The van der Waals surface area contributed by atoms with E-state index < -0.39 is 60.2 Å². The zero-order chi connectivity index (χ0) is 28.1. The molecule has 0 radical (unpaired) electrons. The number of nitrogens with two attached hydrogens (primary N) is 2. The van der Waals surface area contributed by atoms with E-state index in [0.29, 0.717) is 11.4 Å². The summed E-state index contributed by atoms with van der Waals surface area (Å²) in [4.78, 5) is 68.4. The van der Waals surface area contributed by atoms with Crippen molar-refractivity contribution in [3.05, 3.63) is 54.1 Å². The smallest absolute Gasteiger partial charge is 0.326 e. The average Bonchev–Trinajstić information content (AvgIpc) is 3.38. The molecule has 0 saturated heterocycles. The van der Waals surface area contributed by atoms with Gasteiger partial charge in [-0.05, 0) is 30.4 Å². The zero-order valence-electron chi connectivity index (χ0n) is 20.9. The highest BCUT2D eigenvalue weighted by Gasteiger charge is 2.31. The lowest BCUT2D eigenvalue weighted by atomic mass is 10.0. The highest BCUT2D eigenvalue weighted by molar-refractivity contribution is 7.98. The number of primary amides is 1. The van der Waals surface area contributed by atoms with Crippen molar-refractivity contribution >= 4 is 41.4 Å². The Labute approximate surface area is 223 Å². The molecule has 0 fully saturated rings. The first kappa shape index (κ1) is 30.3. The molecule has 13 nitrogen and oxygen atoms in total. The number of carboxylic acids is 1. The second kappa shape index (κ2) is 15.4. The van der Waals surface area contributed by atoms with Gasteiger partial charge in [0.05, 0.1) is 18.8 Å². The number of nitrogens with one attached hydrogen (secondary N) is 4. The van der Waals surface area contributed by atoms with Crippen molar-refractivity contribution in [3.63, 3.8) is 0 Å².